The molecule has 15 nitrogen and oxygen atoms in total. The van der Waals surface area contributed by atoms with E-state index in [1.807, 2.05) is 0 Å². The number of carboxylic acid groups (broad SMARTS) is 2. The van der Waals surface area contributed by atoms with Gasteiger partial charge in [-0.05, 0) is 45.1 Å². The monoisotopic (exact) mass is 488 g/mol. The van der Waals surface area contributed by atoms with Gasteiger partial charge in [0.25, 0.3) is 0 Å². The van der Waals surface area contributed by atoms with Crippen LogP contribution >= 0.6 is 0 Å². The van der Waals surface area contributed by atoms with Crippen LogP contribution in [-0.4, -0.2) is 83.6 Å². The lowest BCUT2D eigenvalue weighted by atomic mass is 10.1. The van der Waals surface area contributed by atoms with Crippen LogP contribution in [0.4, 0.5) is 0 Å². The molecule has 34 heavy (non-hydrogen) atoms. The Balaban J connectivity index is 5.47. The Hall–Kier alpha value is -3.46. The van der Waals surface area contributed by atoms with Crippen LogP contribution in [0.3, 0.4) is 0 Å². The van der Waals surface area contributed by atoms with Crippen molar-refractivity contribution in [2.75, 3.05) is 19.6 Å². The van der Waals surface area contributed by atoms with E-state index in [2.05, 4.69) is 20.9 Å². The van der Waals surface area contributed by atoms with E-state index in [9.17, 15) is 29.1 Å². The van der Waals surface area contributed by atoms with Crippen LogP contribution in [0.15, 0.2) is 4.99 Å². The average molecular weight is 489 g/mol. The van der Waals surface area contributed by atoms with Crippen LogP contribution in [0.1, 0.15) is 44.9 Å². The third-order valence-electron chi connectivity index (χ3n) is 4.62. The molecule has 13 N–H and O–H groups in total. The number of unbranched alkanes of at least 4 members (excludes halogenated alkanes) is 1. The molecule has 0 aliphatic rings. The van der Waals surface area contributed by atoms with Gasteiger partial charge < -0.3 is 49.1 Å². The zero-order chi connectivity index (χ0) is 26.1. The third-order valence-corrected chi connectivity index (χ3v) is 4.62. The van der Waals surface area contributed by atoms with Gasteiger partial charge in [0.1, 0.15) is 18.1 Å². The van der Waals surface area contributed by atoms with E-state index in [0.29, 0.717) is 19.4 Å². The average Bonchev–Trinajstić information content (AvgIpc) is 2.76. The van der Waals surface area contributed by atoms with Gasteiger partial charge >= 0.3 is 11.9 Å². The Bertz CT molecular complexity index is 727. The largest absolute Gasteiger partial charge is 0.481 e. The van der Waals surface area contributed by atoms with E-state index in [1.54, 1.807) is 0 Å². The highest BCUT2D eigenvalue weighted by molar-refractivity contribution is 5.93. The van der Waals surface area contributed by atoms with Crippen molar-refractivity contribution in [1.82, 2.24) is 16.0 Å². The van der Waals surface area contributed by atoms with Crippen molar-refractivity contribution in [2.24, 2.45) is 27.9 Å². The predicted octanol–water partition coefficient (Wildman–Crippen LogP) is -3.47. The highest BCUT2D eigenvalue weighted by Gasteiger charge is 2.29. The van der Waals surface area contributed by atoms with Gasteiger partial charge in [0, 0.05) is 13.0 Å². The van der Waals surface area contributed by atoms with Crippen LogP contribution < -0.4 is 38.9 Å². The molecule has 0 fully saturated rings. The molecule has 0 aromatic heterocycles. The molecule has 0 aliphatic heterocycles. The summed E-state index contributed by atoms with van der Waals surface area (Å²) >= 11 is 0. The summed E-state index contributed by atoms with van der Waals surface area (Å²) in [5.74, 6) is -4.87. The molecule has 0 aliphatic carbocycles. The first-order valence-corrected chi connectivity index (χ1v) is 10.8. The Labute approximate surface area is 197 Å². The molecular formula is C19H36N8O7. The molecule has 0 saturated carbocycles. The van der Waals surface area contributed by atoms with E-state index >= 15 is 0 Å². The Morgan fingerprint density at radius 1 is 0.765 bits per heavy atom. The number of nitrogens with one attached hydrogen (secondary N) is 3. The molecule has 0 radical (unpaired) electrons. The molecule has 3 amide bonds. The lowest BCUT2D eigenvalue weighted by Gasteiger charge is -2.24. The molecule has 3 unspecified atom stereocenters. The van der Waals surface area contributed by atoms with Crippen molar-refractivity contribution in [2.45, 2.75) is 63.1 Å². The van der Waals surface area contributed by atoms with E-state index in [4.69, 9.17) is 28.0 Å². The summed E-state index contributed by atoms with van der Waals surface area (Å²) in [5, 5.41) is 25.3. The van der Waals surface area contributed by atoms with Crippen molar-refractivity contribution >= 4 is 35.6 Å². The fraction of sp³-hybridized carbons (Fsp3) is 0.684. The number of nitrogens with zero attached hydrogens (tertiary/aromatic N) is 1. The van der Waals surface area contributed by atoms with E-state index in [1.165, 1.54) is 0 Å². The van der Waals surface area contributed by atoms with Crippen LogP contribution in [0.5, 0.6) is 0 Å². The second kappa shape index (κ2) is 17.1. The van der Waals surface area contributed by atoms with Gasteiger partial charge in [-0.15, -0.1) is 0 Å². The molecule has 0 bridgehead atoms. The first-order valence-electron chi connectivity index (χ1n) is 10.8. The maximum absolute atomic E-state index is 12.8. The fourth-order valence-corrected chi connectivity index (χ4v) is 2.86. The molecule has 15 heteroatoms. The van der Waals surface area contributed by atoms with Crippen molar-refractivity contribution in [3.8, 4) is 0 Å². The Kier molecular flexibility index (Phi) is 15.3. The summed E-state index contributed by atoms with van der Waals surface area (Å²) in [6, 6.07) is -3.66. The van der Waals surface area contributed by atoms with Gasteiger partial charge in [0.2, 0.25) is 17.7 Å². The van der Waals surface area contributed by atoms with Crippen LogP contribution in [-0.2, 0) is 24.0 Å². The second-order valence-electron chi connectivity index (χ2n) is 7.45. The number of nitrogens with two attached hydrogens (primary N) is 4. The number of guanidine groups is 1. The highest BCUT2D eigenvalue weighted by atomic mass is 16.4. The smallest absolute Gasteiger partial charge is 0.326 e. The summed E-state index contributed by atoms with van der Waals surface area (Å²) in [6.45, 7) is 0.197. The van der Waals surface area contributed by atoms with Gasteiger partial charge in [-0.25, -0.2) is 4.79 Å². The molecule has 0 aromatic carbocycles. The summed E-state index contributed by atoms with van der Waals surface area (Å²) in [7, 11) is 0. The van der Waals surface area contributed by atoms with Crippen molar-refractivity contribution < 1.29 is 34.2 Å². The fourth-order valence-electron chi connectivity index (χ4n) is 2.86. The summed E-state index contributed by atoms with van der Waals surface area (Å²) in [4.78, 5) is 63.3. The molecule has 0 rings (SSSR count). The number of amides is 3. The standard InChI is InChI=1S/C19H36N8O7/c20-8-2-1-4-11(25-14(28)10-21)16(31)26-12(5-3-9-24-19(22)23)17(32)27-13(18(33)34)6-7-15(29)30/h11-13H,1-10,20-21H2,(H,25,28)(H,26,31)(H,27,32)(H,29,30)(H,33,34)(H4,22,23,24). The Morgan fingerprint density at radius 2 is 1.32 bits per heavy atom. The number of carbonyl (C=O) groups is 5. The highest BCUT2D eigenvalue weighted by Crippen LogP contribution is 2.06. The zero-order valence-corrected chi connectivity index (χ0v) is 19.0. The molecule has 3 atom stereocenters. The first-order chi connectivity index (χ1) is 16.0. The number of aliphatic carboxylic acids is 2. The summed E-state index contributed by atoms with van der Waals surface area (Å²) in [6.07, 6.45) is 0.849. The van der Waals surface area contributed by atoms with E-state index in [-0.39, 0.29) is 44.7 Å². The summed E-state index contributed by atoms with van der Waals surface area (Å²) < 4.78 is 0. The molecule has 0 heterocycles. The van der Waals surface area contributed by atoms with Crippen molar-refractivity contribution in [1.29, 1.82) is 0 Å². The van der Waals surface area contributed by atoms with Gasteiger partial charge in [0.15, 0.2) is 5.96 Å². The minimum absolute atomic E-state index is 0.0416. The van der Waals surface area contributed by atoms with E-state index < -0.39 is 54.2 Å². The number of aliphatic imine (C=N–C) groups is 1. The van der Waals surface area contributed by atoms with Crippen LogP contribution in [0, 0.1) is 0 Å². The molecule has 194 valence electrons. The summed E-state index contributed by atoms with van der Waals surface area (Å²) in [5.41, 5.74) is 21.3. The van der Waals surface area contributed by atoms with Gasteiger partial charge in [0.05, 0.1) is 6.54 Å². The van der Waals surface area contributed by atoms with Crippen molar-refractivity contribution in [3.63, 3.8) is 0 Å². The van der Waals surface area contributed by atoms with Gasteiger partial charge in [-0.3, -0.25) is 24.2 Å². The van der Waals surface area contributed by atoms with Crippen LogP contribution in [0.2, 0.25) is 0 Å². The number of hydrogen-bond acceptors (Lipinski definition) is 8. The SMILES string of the molecule is NCCCCC(NC(=O)CN)C(=O)NC(CCCN=C(N)N)C(=O)NC(CCC(=O)O)C(=O)O. The van der Waals surface area contributed by atoms with Gasteiger partial charge in [-0.1, -0.05) is 0 Å². The third kappa shape index (κ3) is 13.8. The van der Waals surface area contributed by atoms with Crippen LogP contribution in [0.25, 0.3) is 0 Å². The Morgan fingerprint density at radius 3 is 1.82 bits per heavy atom. The number of hydrogen-bond donors (Lipinski definition) is 9. The van der Waals surface area contributed by atoms with Crippen molar-refractivity contribution in [3.05, 3.63) is 0 Å². The topological polar surface area (TPSA) is 278 Å². The lowest BCUT2D eigenvalue weighted by molar-refractivity contribution is -0.143. The molecular weight excluding hydrogens is 452 g/mol. The minimum Gasteiger partial charge on any atom is -0.481 e. The number of carboxylic acids is 2. The second-order valence-corrected chi connectivity index (χ2v) is 7.45. The maximum atomic E-state index is 12.8. The number of carbonyl (C=O) groups excluding carboxylic acids is 3. The minimum atomic E-state index is -1.47. The quantitative estimate of drug-likeness (QED) is 0.0519. The molecule has 0 saturated heterocycles. The van der Waals surface area contributed by atoms with Gasteiger partial charge in [-0.2, -0.15) is 0 Å². The zero-order valence-electron chi connectivity index (χ0n) is 19.0. The lowest BCUT2D eigenvalue weighted by Crippen LogP contribution is -2.56. The van der Waals surface area contributed by atoms with E-state index in [0.717, 1.165) is 0 Å². The maximum Gasteiger partial charge on any atom is 0.326 e. The first kappa shape index (κ1) is 30.5. The molecule has 0 aromatic rings. The molecule has 0 spiro atoms. The predicted molar refractivity (Wildman–Crippen MR) is 122 cm³/mol. The normalized spacial score (nSPS) is 13.1. The number of rotatable bonds is 18.